The zero-order valence-electron chi connectivity index (χ0n) is 10.5. The highest BCUT2D eigenvalue weighted by Gasteiger charge is 2.09. The Morgan fingerprint density at radius 2 is 2.00 bits per heavy atom. The summed E-state index contributed by atoms with van der Waals surface area (Å²) in [7, 11) is -3.76. The molecule has 1 aromatic rings. The van der Waals surface area contributed by atoms with Gasteiger partial charge in [0.15, 0.2) is 0 Å². The third-order valence-corrected chi connectivity index (χ3v) is 3.18. The van der Waals surface area contributed by atoms with Crippen molar-refractivity contribution >= 4 is 21.4 Å². The van der Waals surface area contributed by atoms with E-state index >= 15 is 0 Å². The minimum atomic E-state index is -3.76. The monoisotopic (exact) mass is 289 g/mol. The molecule has 1 aromatic carbocycles. The van der Waals surface area contributed by atoms with Crippen LogP contribution in [0, 0.1) is 0 Å². The molecule has 108 valence electrons. The number of aliphatic hydroxyl groups excluding tert-OH is 1. The van der Waals surface area contributed by atoms with Gasteiger partial charge in [-0.25, -0.2) is 13.6 Å². The predicted molar refractivity (Wildman–Crippen MR) is 73.2 cm³/mol. The number of nitrogens with one attached hydrogen (secondary N) is 1. The van der Waals surface area contributed by atoms with Gasteiger partial charge in [0.1, 0.15) is 0 Å². The van der Waals surface area contributed by atoms with Crippen LogP contribution in [0.1, 0.15) is 6.42 Å². The molecule has 0 unspecified atom stereocenters. The molecule has 0 aliphatic carbocycles. The quantitative estimate of drug-likeness (QED) is 0.385. The lowest BCUT2D eigenvalue weighted by molar-refractivity contribution is 0.0922. The largest absolute Gasteiger partial charge is 0.399 e. The van der Waals surface area contributed by atoms with Crippen molar-refractivity contribution in [1.29, 1.82) is 0 Å². The Hall–Kier alpha value is -1.35. The number of benzene rings is 1. The maximum atomic E-state index is 11.2. The summed E-state index contributed by atoms with van der Waals surface area (Å²) in [5.74, 6) is 0. The van der Waals surface area contributed by atoms with E-state index in [-0.39, 0.29) is 11.5 Å². The molecule has 0 atom stereocenters. The van der Waals surface area contributed by atoms with E-state index in [2.05, 4.69) is 5.32 Å². The van der Waals surface area contributed by atoms with Gasteiger partial charge in [-0.2, -0.15) is 0 Å². The van der Waals surface area contributed by atoms with Crippen molar-refractivity contribution in [2.24, 2.45) is 5.14 Å². The van der Waals surface area contributed by atoms with Crippen molar-refractivity contribution in [3.63, 3.8) is 0 Å². The second-order valence-electron chi connectivity index (χ2n) is 3.95. The average molecular weight is 289 g/mol. The van der Waals surface area contributed by atoms with E-state index in [4.69, 9.17) is 20.7 Å². The number of anilines is 2. The summed E-state index contributed by atoms with van der Waals surface area (Å²) in [6.07, 6.45) is 0.722. The van der Waals surface area contributed by atoms with Gasteiger partial charge in [0.25, 0.3) is 0 Å². The Kier molecular flexibility index (Phi) is 6.03. The Morgan fingerprint density at radius 1 is 1.26 bits per heavy atom. The molecule has 0 bridgehead atoms. The fourth-order valence-electron chi connectivity index (χ4n) is 1.46. The smallest absolute Gasteiger partial charge is 0.238 e. The van der Waals surface area contributed by atoms with E-state index < -0.39 is 10.0 Å². The number of rotatable bonds is 8. The maximum Gasteiger partial charge on any atom is 0.238 e. The first-order chi connectivity index (χ1) is 8.93. The van der Waals surface area contributed by atoms with Crippen LogP contribution in [-0.2, 0) is 14.8 Å². The van der Waals surface area contributed by atoms with E-state index in [1.165, 1.54) is 12.1 Å². The minimum Gasteiger partial charge on any atom is -0.399 e. The summed E-state index contributed by atoms with van der Waals surface area (Å²) in [5.41, 5.74) is 6.53. The van der Waals surface area contributed by atoms with Crippen molar-refractivity contribution < 1.29 is 18.3 Å². The lowest BCUT2D eigenvalue weighted by atomic mass is 10.3. The van der Waals surface area contributed by atoms with E-state index in [1.807, 2.05) is 0 Å². The lowest BCUT2D eigenvalue weighted by Crippen LogP contribution is -2.13. The van der Waals surface area contributed by atoms with Gasteiger partial charge >= 0.3 is 0 Å². The molecular weight excluding hydrogens is 270 g/mol. The summed E-state index contributed by atoms with van der Waals surface area (Å²) in [5, 5.41) is 16.6. The highest BCUT2D eigenvalue weighted by Crippen LogP contribution is 2.19. The second kappa shape index (κ2) is 7.29. The normalized spacial score (nSPS) is 11.5. The fourth-order valence-corrected chi connectivity index (χ4v) is 2.05. The number of hydrogen-bond donors (Lipinski definition) is 4. The van der Waals surface area contributed by atoms with Gasteiger partial charge in [0.2, 0.25) is 10.0 Å². The number of nitrogen functional groups attached to an aromatic ring is 1. The molecule has 0 heterocycles. The standard InChI is InChI=1S/C11H19N3O4S/c12-9-6-10(8-11(7-9)19(13,16)17)14-2-1-4-18-5-3-15/h6-8,14-15H,1-5,12H2,(H2,13,16,17). The summed E-state index contributed by atoms with van der Waals surface area (Å²) in [6.45, 7) is 1.42. The van der Waals surface area contributed by atoms with Crippen LogP contribution in [0.15, 0.2) is 23.1 Å². The molecule has 0 aliphatic heterocycles. The molecular formula is C11H19N3O4S. The topological polar surface area (TPSA) is 128 Å². The summed E-state index contributed by atoms with van der Waals surface area (Å²) in [4.78, 5) is -0.0217. The number of nitrogens with two attached hydrogens (primary N) is 2. The molecule has 0 radical (unpaired) electrons. The Balaban J connectivity index is 2.52. The van der Waals surface area contributed by atoms with Crippen LogP contribution in [0.2, 0.25) is 0 Å². The van der Waals surface area contributed by atoms with E-state index in [0.29, 0.717) is 31.1 Å². The molecule has 0 saturated heterocycles. The number of ether oxygens (including phenoxy) is 1. The first kappa shape index (κ1) is 15.7. The van der Waals surface area contributed by atoms with Gasteiger partial charge in [0, 0.05) is 24.5 Å². The fraction of sp³-hybridized carbons (Fsp3) is 0.455. The van der Waals surface area contributed by atoms with Crippen molar-refractivity contribution in [1.82, 2.24) is 0 Å². The number of sulfonamides is 1. The van der Waals surface area contributed by atoms with Gasteiger partial charge in [-0.1, -0.05) is 0 Å². The average Bonchev–Trinajstić information content (AvgIpc) is 2.32. The van der Waals surface area contributed by atoms with Crippen molar-refractivity contribution in [2.75, 3.05) is 37.4 Å². The third kappa shape index (κ3) is 5.88. The SMILES string of the molecule is Nc1cc(NCCCOCCO)cc(S(N)(=O)=O)c1. The first-order valence-electron chi connectivity index (χ1n) is 5.79. The van der Waals surface area contributed by atoms with Gasteiger partial charge < -0.3 is 20.9 Å². The third-order valence-electron chi connectivity index (χ3n) is 2.29. The molecule has 6 N–H and O–H groups in total. The van der Waals surface area contributed by atoms with Crippen molar-refractivity contribution in [3.8, 4) is 0 Å². The first-order valence-corrected chi connectivity index (χ1v) is 7.34. The van der Waals surface area contributed by atoms with E-state index in [1.54, 1.807) is 6.07 Å². The summed E-state index contributed by atoms with van der Waals surface area (Å²) < 4.78 is 27.6. The number of primary sulfonamides is 1. The molecule has 8 heteroatoms. The minimum absolute atomic E-state index is 0.000364. The van der Waals surface area contributed by atoms with Gasteiger partial charge in [-0.15, -0.1) is 0 Å². The molecule has 0 aromatic heterocycles. The molecule has 7 nitrogen and oxygen atoms in total. The number of aliphatic hydroxyl groups is 1. The molecule has 0 amide bonds. The van der Waals surface area contributed by atoms with Crippen LogP contribution in [0.4, 0.5) is 11.4 Å². The van der Waals surface area contributed by atoms with Crippen molar-refractivity contribution in [3.05, 3.63) is 18.2 Å². The van der Waals surface area contributed by atoms with Crippen LogP contribution >= 0.6 is 0 Å². The van der Waals surface area contributed by atoms with Crippen LogP contribution in [0.3, 0.4) is 0 Å². The Morgan fingerprint density at radius 3 is 2.63 bits per heavy atom. The molecule has 0 saturated carbocycles. The molecule has 0 aliphatic rings. The second-order valence-corrected chi connectivity index (χ2v) is 5.51. The number of hydrogen-bond acceptors (Lipinski definition) is 6. The molecule has 0 fully saturated rings. The van der Waals surface area contributed by atoms with Crippen molar-refractivity contribution in [2.45, 2.75) is 11.3 Å². The van der Waals surface area contributed by atoms with E-state index in [9.17, 15) is 8.42 Å². The molecule has 19 heavy (non-hydrogen) atoms. The molecule has 0 spiro atoms. The highest BCUT2D eigenvalue weighted by molar-refractivity contribution is 7.89. The highest BCUT2D eigenvalue weighted by atomic mass is 32.2. The van der Waals surface area contributed by atoms with Crippen LogP contribution < -0.4 is 16.2 Å². The summed E-state index contributed by atoms with van der Waals surface area (Å²) in [6, 6.07) is 4.37. The zero-order chi connectivity index (χ0) is 14.3. The van der Waals surface area contributed by atoms with Gasteiger partial charge in [0.05, 0.1) is 18.1 Å². The van der Waals surface area contributed by atoms with Gasteiger partial charge in [-0.05, 0) is 24.6 Å². The van der Waals surface area contributed by atoms with Crippen LogP contribution in [-0.4, -0.2) is 39.9 Å². The van der Waals surface area contributed by atoms with Gasteiger partial charge in [-0.3, -0.25) is 0 Å². The van der Waals surface area contributed by atoms with Crippen LogP contribution in [0.5, 0.6) is 0 Å². The van der Waals surface area contributed by atoms with E-state index in [0.717, 1.165) is 6.42 Å². The lowest BCUT2D eigenvalue weighted by Gasteiger charge is -2.09. The zero-order valence-corrected chi connectivity index (χ0v) is 11.3. The molecule has 1 rings (SSSR count). The predicted octanol–water partition coefficient (Wildman–Crippen LogP) is -0.273. The summed E-state index contributed by atoms with van der Waals surface area (Å²) >= 11 is 0. The Labute approximate surface area is 112 Å². The Bertz CT molecular complexity index is 505. The van der Waals surface area contributed by atoms with Crippen LogP contribution in [0.25, 0.3) is 0 Å². The maximum absolute atomic E-state index is 11.2.